The van der Waals surface area contributed by atoms with Gasteiger partial charge in [0.1, 0.15) is 5.82 Å². The van der Waals surface area contributed by atoms with Crippen molar-refractivity contribution in [3.8, 4) is 0 Å². The van der Waals surface area contributed by atoms with Crippen LogP contribution in [-0.2, 0) is 11.2 Å². The minimum atomic E-state index is -0.612. The number of carbonyl (C=O) groups excluding carboxylic acids is 2. The van der Waals surface area contributed by atoms with E-state index in [9.17, 15) is 9.59 Å². The third-order valence-electron chi connectivity index (χ3n) is 2.46. The van der Waals surface area contributed by atoms with Crippen LogP contribution in [0, 0.1) is 6.92 Å². The lowest BCUT2D eigenvalue weighted by Crippen LogP contribution is -2.18. The summed E-state index contributed by atoms with van der Waals surface area (Å²) in [5, 5.41) is 2.47. The Morgan fingerprint density at radius 2 is 2.06 bits per heavy atom. The molecule has 4 N–H and O–H groups in total. The Morgan fingerprint density at radius 1 is 1.41 bits per heavy atom. The van der Waals surface area contributed by atoms with E-state index in [4.69, 9.17) is 10.5 Å². The van der Waals surface area contributed by atoms with E-state index >= 15 is 0 Å². The number of H-pyrrole nitrogens is 1. The van der Waals surface area contributed by atoms with Crippen LogP contribution in [0.15, 0.2) is 0 Å². The summed E-state index contributed by atoms with van der Waals surface area (Å²) in [4.78, 5) is 25.6. The van der Waals surface area contributed by atoms with Gasteiger partial charge in [-0.1, -0.05) is 6.92 Å². The molecule has 1 heterocycles. The van der Waals surface area contributed by atoms with Crippen molar-refractivity contribution in [3.05, 3.63) is 16.8 Å². The number of aromatic amines is 1. The standard InChI is InChI=1S/C11H17N3O3/c1-4-7-6(3)8(9(12)15)10(13-7)14-11(16)17-5-2/h13H,4-5H2,1-3H3,(H2,12,15)(H,14,16). The van der Waals surface area contributed by atoms with Gasteiger partial charge in [0, 0.05) is 5.69 Å². The number of anilines is 1. The Labute approximate surface area is 99.5 Å². The Kier molecular flexibility index (Phi) is 4.14. The number of hydrogen-bond donors (Lipinski definition) is 3. The lowest BCUT2D eigenvalue weighted by atomic mass is 10.1. The second kappa shape index (κ2) is 5.38. The Bertz CT molecular complexity index is 437. The smallest absolute Gasteiger partial charge is 0.412 e. The van der Waals surface area contributed by atoms with Crippen LogP contribution in [0.25, 0.3) is 0 Å². The lowest BCUT2D eigenvalue weighted by molar-refractivity contribution is 0.100. The third-order valence-corrected chi connectivity index (χ3v) is 2.46. The summed E-state index contributed by atoms with van der Waals surface area (Å²) in [6.07, 6.45) is 0.107. The second-order valence-electron chi connectivity index (χ2n) is 3.54. The normalized spacial score (nSPS) is 10.1. The topological polar surface area (TPSA) is 97.2 Å². The monoisotopic (exact) mass is 239 g/mol. The summed E-state index contributed by atoms with van der Waals surface area (Å²) in [5.41, 5.74) is 7.21. The van der Waals surface area contributed by atoms with Crippen molar-refractivity contribution in [1.82, 2.24) is 4.98 Å². The number of aryl methyl sites for hydroxylation is 1. The molecule has 6 nitrogen and oxygen atoms in total. The maximum absolute atomic E-state index is 11.3. The summed E-state index contributed by atoms with van der Waals surface area (Å²) in [5.74, 6) is -0.282. The number of carbonyl (C=O) groups is 2. The minimum Gasteiger partial charge on any atom is -0.450 e. The molecule has 17 heavy (non-hydrogen) atoms. The molecule has 0 spiro atoms. The number of hydrogen-bond acceptors (Lipinski definition) is 3. The van der Waals surface area contributed by atoms with Crippen molar-refractivity contribution in [3.63, 3.8) is 0 Å². The van der Waals surface area contributed by atoms with Gasteiger partial charge in [-0.25, -0.2) is 4.79 Å². The molecule has 1 rings (SSSR count). The number of ether oxygens (including phenoxy) is 1. The first-order chi connectivity index (χ1) is 8.01. The largest absolute Gasteiger partial charge is 0.450 e. The van der Waals surface area contributed by atoms with Crippen LogP contribution in [-0.4, -0.2) is 23.6 Å². The van der Waals surface area contributed by atoms with E-state index in [1.807, 2.05) is 6.92 Å². The molecular weight excluding hydrogens is 222 g/mol. The number of amides is 2. The van der Waals surface area contributed by atoms with Crippen LogP contribution in [0.1, 0.15) is 35.5 Å². The Hall–Kier alpha value is -1.98. The fourth-order valence-corrected chi connectivity index (χ4v) is 1.67. The molecule has 0 saturated heterocycles. The van der Waals surface area contributed by atoms with Gasteiger partial charge >= 0.3 is 6.09 Å². The van der Waals surface area contributed by atoms with Crippen LogP contribution in [0.2, 0.25) is 0 Å². The molecule has 1 aromatic rings. The van der Waals surface area contributed by atoms with Crippen LogP contribution < -0.4 is 11.1 Å². The third kappa shape index (κ3) is 2.77. The fraction of sp³-hybridized carbons (Fsp3) is 0.455. The Balaban J connectivity index is 3.06. The first-order valence-corrected chi connectivity index (χ1v) is 5.46. The molecule has 0 radical (unpaired) electrons. The molecule has 0 aromatic carbocycles. The van der Waals surface area contributed by atoms with E-state index in [1.54, 1.807) is 13.8 Å². The highest BCUT2D eigenvalue weighted by Crippen LogP contribution is 2.22. The maximum Gasteiger partial charge on any atom is 0.412 e. The first kappa shape index (κ1) is 13.1. The average molecular weight is 239 g/mol. The van der Waals surface area contributed by atoms with E-state index in [1.165, 1.54) is 0 Å². The Morgan fingerprint density at radius 3 is 2.53 bits per heavy atom. The minimum absolute atomic E-state index is 0.262. The summed E-state index contributed by atoms with van der Waals surface area (Å²) in [7, 11) is 0. The van der Waals surface area contributed by atoms with Crippen LogP contribution in [0.3, 0.4) is 0 Å². The van der Waals surface area contributed by atoms with Crippen LogP contribution in [0.5, 0.6) is 0 Å². The van der Waals surface area contributed by atoms with Gasteiger partial charge in [-0.2, -0.15) is 0 Å². The molecule has 94 valence electrons. The summed E-state index contributed by atoms with van der Waals surface area (Å²) < 4.78 is 4.74. The van der Waals surface area contributed by atoms with E-state index in [0.29, 0.717) is 11.4 Å². The zero-order valence-electron chi connectivity index (χ0n) is 10.2. The predicted molar refractivity (Wildman–Crippen MR) is 64.1 cm³/mol. The lowest BCUT2D eigenvalue weighted by Gasteiger charge is -2.04. The zero-order valence-corrected chi connectivity index (χ0v) is 10.2. The predicted octanol–water partition coefficient (Wildman–Crippen LogP) is 1.55. The van der Waals surface area contributed by atoms with Gasteiger partial charge in [0.15, 0.2) is 0 Å². The molecule has 2 amide bonds. The van der Waals surface area contributed by atoms with Gasteiger partial charge in [-0.3, -0.25) is 10.1 Å². The van der Waals surface area contributed by atoms with Crippen molar-refractivity contribution in [1.29, 1.82) is 0 Å². The highest BCUT2D eigenvalue weighted by atomic mass is 16.5. The zero-order chi connectivity index (χ0) is 13.0. The molecule has 0 aliphatic heterocycles. The SMILES string of the molecule is CCOC(=O)Nc1[nH]c(CC)c(C)c1C(N)=O. The molecule has 6 heteroatoms. The van der Waals surface area contributed by atoms with Crippen LogP contribution >= 0.6 is 0 Å². The van der Waals surface area contributed by atoms with Gasteiger partial charge in [-0.05, 0) is 25.8 Å². The van der Waals surface area contributed by atoms with Crippen molar-refractivity contribution in [2.24, 2.45) is 5.73 Å². The average Bonchev–Trinajstić information content (AvgIpc) is 2.55. The summed E-state index contributed by atoms with van der Waals surface area (Å²) in [6.45, 7) is 5.69. The van der Waals surface area contributed by atoms with Crippen molar-refractivity contribution < 1.29 is 14.3 Å². The highest BCUT2D eigenvalue weighted by molar-refractivity contribution is 6.02. The van der Waals surface area contributed by atoms with E-state index in [2.05, 4.69) is 10.3 Å². The summed E-state index contributed by atoms with van der Waals surface area (Å²) >= 11 is 0. The van der Waals surface area contributed by atoms with Gasteiger partial charge in [0.25, 0.3) is 5.91 Å². The molecule has 0 atom stereocenters. The van der Waals surface area contributed by atoms with Crippen molar-refractivity contribution in [2.45, 2.75) is 27.2 Å². The molecular formula is C11H17N3O3. The molecule has 1 aromatic heterocycles. The summed E-state index contributed by atoms with van der Waals surface area (Å²) in [6, 6.07) is 0. The number of primary amides is 1. The number of nitrogens with two attached hydrogens (primary N) is 1. The quantitative estimate of drug-likeness (QED) is 0.743. The van der Waals surface area contributed by atoms with Gasteiger partial charge in [0.05, 0.1) is 12.2 Å². The first-order valence-electron chi connectivity index (χ1n) is 5.46. The number of aromatic nitrogens is 1. The van der Waals surface area contributed by atoms with Gasteiger partial charge < -0.3 is 15.5 Å². The van der Waals surface area contributed by atoms with Crippen LogP contribution in [0.4, 0.5) is 10.6 Å². The van der Waals surface area contributed by atoms with E-state index in [0.717, 1.165) is 17.7 Å². The second-order valence-corrected chi connectivity index (χ2v) is 3.54. The molecule has 0 bridgehead atoms. The molecule has 0 aliphatic rings. The fourth-order valence-electron chi connectivity index (χ4n) is 1.67. The number of nitrogens with one attached hydrogen (secondary N) is 2. The van der Waals surface area contributed by atoms with Gasteiger partial charge in [0.2, 0.25) is 0 Å². The molecule has 0 unspecified atom stereocenters. The van der Waals surface area contributed by atoms with Crippen molar-refractivity contribution in [2.75, 3.05) is 11.9 Å². The highest BCUT2D eigenvalue weighted by Gasteiger charge is 2.19. The number of rotatable bonds is 4. The van der Waals surface area contributed by atoms with Crippen molar-refractivity contribution >= 4 is 17.8 Å². The van der Waals surface area contributed by atoms with Gasteiger partial charge in [-0.15, -0.1) is 0 Å². The maximum atomic E-state index is 11.3. The molecule has 0 aliphatic carbocycles. The van der Waals surface area contributed by atoms with E-state index in [-0.39, 0.29) is 6.61 Å². The molecule has 0 fully saturated rings. The molecule has 0 saturated carbocycles. The van der Waals surface area contributed by atoms with E-state index < -0.39 is 12.0 Å².